The summed E-state index contributed by atoms with van der Waals surface area (Å²) >= 11 is 7.15. The monoisotopic (exact) mass is 406 g/mol. The van der Waals surface area contributed by atoms with Crippen molar-refractivity contribution in [1.29, 1.82) is 0 Å². The van der Waals surface area contributed by atoms with Gasteiger partial charge in [0.2, 0.25) is 5.91 Å². The Morgan fingerprint density at radius 3 is 2.78 bits per heavy atom. The van der Waals surface area contributed by atoms with Crippen molar-refractivity contribution in [3.05, 3.63) is 41.4 Å². The van der Waals surface area contributed by atoms with Gasteiger partial charge in [-0.1, -0.05) is 23.4 Å². The quantitative estimate of drug-likeness (QED) is 0.530. The van der Waals surface area contributed by atoms with E-state index in [1.165, 1.54) is 11.8 Å². The van der Waals surface area contributed by atoms with Gasteiger partial charge in [0.25, 0.3) is 5.22 Å². The van der Waals surface area contributed by atoms with Gasteiger partial charge >= 0.3 is 0 Å². The molecule has 0 radical (unpaired) electrons. The standard InChI is InChI=1S/C19H19ClN2O4S/c1-3-24-13-6-8-16(25-4-2)15(10-13)21-18(23)11-27-19-22-14-9-12(20)5-7-17(14)26-19/h5-10H,3-4,11H2,1-2H3,(H,21,23). The molecule has 0 spiro atoms. The molecule has 0 aliphatic rings. The average Bonchev–Trinajstić information content (AvgIpc) is 3.04. The number of aromatic nitrogens is 1. The summed E-state index contributed by atoms with van der Waals surface area (Å²) in [5, 5.41) is 3.85. The molecule has 27 heavy (non-hydrogen) atoms. The van der Waals surface area contributed by atoms with Crippen molar-refractivity contribution in [2.45, 2.75) is 19.1 Å². The Kier molecular flexibility index (Phi) is 6.47. The number of thioether (sulfide) groups is 1. The number of hydrogen-bond donors (Lipinski definition) is 1. The first-order valence-electron chi connectivity index (χ1n) is 8.47. The van der Waals surface area contributed by atoms with Crippen LogP contribution in [0, 0.1) is 0 Å². The van der Waals surface area contributed by atoms with E-state index in [-0.39, 0.29) is 11.7 Å². The second-order valence-electron chi connectivity index (χ2n) is 5.45. The molecule has 0 fully saturated rings. The van der Waals surface area contributed by atoms with Crippen molar-refractivity contribution in [3.63, 3.8) is 0 Å². The first kappa shape index (κ1) is 19.4. The maximum absolute atomic E-state index is 12.4. The van der Waals surface area contributed by atoms with Gasteiger partial charge in [0.1, 0.15) is 17.0 Å². The summed E-state index contributed by atoms with van der Waals surface area (Å²) in [6.07, 6.45) is 0. The molecule has 0 aliphatic heterocycles. The molecule has 1 heterocycles. The molecule has 0 saturated heterocycles. The summed E-state index contributed by atoms with van der Waals surface area (Å²) in [5.41, 5.74) is 1.86. The number of ether oxygens (including phenoxy) is 2. The van der Waals surface area contributed by atoms with Crippen LogP contribution in [0.4, 0.5) is 5.69 Å². The first-order valence-corrected chi connectivity index (χ1v) is 9.83. The normalized spacial score (nSPS) is 10.8. The van der Waals surface area contributed by atoms with Crippen LogP contribution in [0.25, 0.3) is 11.1 Å². The summed E-state index contributed by atoms with van der Waals surface area (Å²) in [4.78, 5) is 16.7. The summed E-state index contributed by atoms with van der Waals surface area (Å²) in [6, 6.07) is 10.5. The zero-order valence-electron chi connectivity index (χ0n) is 15.0. The Bertz CT molecular complexity index is 945. The third kappa shape index (κ3) is 5.08. The van der Waals surface area contributed by atoms with E-state index < -0.39 is 0 Å². The Hall–Kier alpha value is -2.38. The van der Waals surface area contributed by atoms with Crippen LogP contribution in [-0.2, 0) is 4.79 Å². The van der Waals surface area contributed by atoms with Crippen LogP contribution in [-0.4, -0.2) is 29.9 Å². The maximum atomic E-state index is 12.4. The highest BCUT2D eigenvalue weighted by molar-refractivity contribution is 7.99. The van der Waals surface area contributed by atoms with Gasteiger partial charge in [0.05, 0.1) is 24.7 Å². The second kappa shape index (κ2) is 9.01. The molecule has 1 amide bonds. The Morgan fingerprint density at radius 1 is 1.19 bits per heavy atom. The highest BCUT2D eigenvalue weighted by atomic mass is 35.5. The van der Waals surface area contributed by atoms with Gasteiger partial charge in [0.15, 0.2) is 5.58 Å². The number of oxazole rings is 1. The van der Waals surface area contributed by atoms with E-state index in [2.05, 4.69) is 10.3 Å². The van der Waals surface area contributed by atoms with Gasteiger partial charge < -0.3 is 19.2 Å². The smallest absolute Gasteiger partial charge is 0.257 e. The molecule has 0 aliphatic carbocycles. The Labute approximate surface area is 166 Å². The number of carbonyl (C=O) groups excluding carboxylic acids is 1. The molecule has 6 nitrogen and oxygen atoms in total. The Balaban J connectivity index is 1.66. The number of anilines is 1. The fourth-order valence-corrected chi connectivity index (χ4v) is 3.20. The van der Waals surface area contributed by atoms with Gasteiger partial charge in [-0.15, -0.1) is 0 Å². The maximum Gasteiger partial charge on any atom is 0.257 e. The lowest BCUT2D eigenvalue weighted by Crippen LogP contribution is -2.15. The number of fused-ring (bicyclic) bond motifs is 1. The molecule has 0 unspecified atom stereocenters. The molecule has 142 valence electrons. The number of nitrogens with one attached hydrogen (secondary N) is 1. The van der Waals surface area contributed by atoms with E-state index in [1.807, 2.05) is 19.9 Å². The third-order valence-electron chi connectivity index (χ3n) is 3.49. The van der Waals surface area contributed by atoms with Crippen molar-refractivity contribution < 1.29 is 18.7 Å². The van der Waals surface area contributed by atoms with Gasteiger partial charge in [0, 0.05) is 11.1 Å². The molecule has 0 atom stereocenters. The largest absolute Gasteiger partial charge is 0.494 e. The molecule has 1 aromatic heterocycles. The third-order valence-corrected chi connectivity index (χ3v) is 4.56. The molecular formula is C19H19ClN2O4S. The van der Waals surface area contributed by atoms with Crippen molar-refractivity contribution in [3.8, 4) is 11.5 Å². The van der Waals surface area contributed by atoms with Gasteiger partial charge in [-0.3, -0.25) is 4.79 Å². The number of benzene rings is 2. The summed E-state index contributed by atoms with van der Waals surface area (Å²) in [6.45, 7) is 4.83. The van der Waals surface area contributed by atoms with Crippen LogP contribution in [0.1, 0.15) is 13.8 Å². The predicted molar refractivity (Wildman–Crippen MR) is 107 cm³/mol. The zero-order valence-corrected chi connectivity index (χ0v) is 16.5. The molecule has 0 saturated carbocycles. The van der Waals surface area contributed by atoms with Gasteiger partial charge in [-0.2, -0.15) is 0 Å². The summed E-state index contributed by atoms with van der Waals surface area (Å²) in [7, 11) is 0. The van der Waals surface area contributed by atoms with Gasteiger partial charge in [-0.05, 0) is 44.2 Å². The van der Waals surface area contributed by atoms with Crippen LogP contribution in [0.5, 0.6) is 11.5 Å². The lowest BCUT2D eigenvalue weighted by molar-refractivity contribution is -0.113. The number of rotatable bonds is 8. The molecule has 0 bridgehead atoms. The van der Waals surface area contributed by atoms with E-state index in [0.29, 0.717) is 51.7 Å². The van der Waals surface area contributed by atoms with Crippen molar-refractivity contribution in [2.75, 3.05) is 24.3 Å². The number of carbonyl (C=O) groups is 1. The molecule has 3 aromatic rings. The fourth-order valence-electron chi connectivity index (χ4n) is 2.40. The van der Waals surface area contributed by atoms with Crippen LogP contribution in [0.3, 0.4) is 0 Å². The average molecular weight is 407 g/mol. The lowest BCUT2D eigenvalue weighted by Gasteiger charge is -2.13. The number of amides is 1. The van der Waals surface area contributed by atoms with Crippen LogP contribution >= 0.6 is 23.4 Å². The molecule has 3 rings (SSSR count). The highest BCUT2D eigenvalue weighted by Gasteiger charge is 2.13. The van der Waals surface area contributed by atoms with Crippen molar-refractivity contribution in [2.24, 2.45) is 0 Å². The predicted octanol–water partition coefficient (Wildman–Crippen LogP) is 5.01. The van der Waals surface area contributed by atoms with Crippen molar-refractivity contribution >= 4 is 46.1 Å². The minimum absolute atomic E-state index is 0.144. The lowest BCUT2D eigenvalue weighted by atomic mass is 10.2. The van der Waals surface area contributed by atoms with E-state index in [9.17, 15) is 4.79 Å². The summed E-state index contributed by atoms with van der Waals surface area (Å²) < 4.78 is 16.7. The SMILES string of the molecule is CCOc1ccc(OCC)c(NC(=O)CSc2nc3cc(Cl)ccc3o2)c1. The topological polar surface area (TPSA) is 73.6 Å². The van der Waals surface area contributed by atoms with Crippen LogP contribution < -0.4 is 14.8 Å². The fraction of sp³-hybridized carbons (Fsp3) is 0.263. The van der Waals surface area contributed by atoms with Crippen LogP contribution in [0.15, 0.2) is 46.0 Å². The van der Waals surface area contributed by atoms with Crippen molar-refractivity contribution in [1.82, 2.24) is 4.98 Å². The number of hydrogen-bond acceptors (Lipinski definition) is 6. The highest BCUT2D eigenvalue weighted by Crippen LogP contribution is 2.30. The van der Waals surface area contributed by atoms with E-state index in [4.69, 9.17) is 25.5 Å². The first-order chi connectivity index (χ1) is 13.1. The Morgan fingerprint density at radius 2 is 2.00 bits per heavy atom. The molecule has 2 aromatic carbocycles. The van der Waals surface area contributed by atoms with Gasteiger partial charge in [-0.25, -0.2) is 4.98 Å². The minimum atomic E-state index is -0.199. The molecule has 1 N–H and O–H groups in total. The minimum Gasteiger partial charge on any atom is -0.494 e. The second-order valence-corrected chi connectivity index (χ2v) is 6.82. The van der Waals surface area contributed by atoms with Crippen LogP contribution in [0.2, 0.25) is 5.02 Å². The van der Waals surface area contributed by atoms with E-state index in [1.54, 1.807) is 30.3 Å². The summed E-state index contributed by atoms with van der Waals surface area (Å²) in [5.74, 6) is 1.20. The molecule has 8 heteroatoms. The molecular weight excluding hydrogens is 388 g/mol. The van der Waals surface area contributed by atoms with E-state index in [0.717, 1.165) is 0 Å². The zero-order chi connectivity index (χ0) is 19.2. The number of nitrogens with zero attached hydrogens (tertiary/aromatic N) is 1. The number of halogens is 1. The van der Waals surface area contributed by atoms with E-state index >= 15 is 0 Å².